The van der Waals surface area contributed by atoms with E-state index in [1.807, 2.05) is 0 Å². The van der Waals surface area contributed by atoms with Gasteiger partial charge in [-0.2, -0.15) is 5.10 Å². The third kappa shape index (κ3) is 2.35. The molecule has 1 saturated carbocycles. The molecule has 0 bridgehead atoms. The predicted octanol–water partition coefficient (Wildman–Crippen LogP) is 5.20. The Morgan fingerprint density at radius 3 is 2.75 bits per heavy atom. The molecule has 1 aliphatic carbocycles. The molecular formula is C20H22N2OS. The van der Waals surface area contributed by atoms with E-state index in [-0.39, 0.29) is 6.23 Å². The molecule has 0 N–H and O–H groups in total. The van der Waals surface area contributed by atoms with E-state index in [2.05, 4.69) is 46.8 Å². The van der Waals surface area contributed by atoms with Crippen molar-refractivity contribution in [2.75, 3.05) is 0 Å². The summed E-state index contributed by atoms with van der Waals surface area (Å²) in [5.74, 6) is 1.66. The van der Waals surface area contributed by atoms with Crippen LogP contribution < -0.4 is 4.74 Å². The molecule has 5 rings (SSSR count). The lowest BCUT2D eigenvalue weighted by Crippen LogP contribution is -2.45. The minimum atomic E-state index is 0.0997. The van der Waals surface area contributed by atoms with Crippen molar-refractivity contribution in [2.24, 2.45) is 11.0 Å². The van der Waals surface area contributed by atoms with Gasteiger partial charge in [-0.05, 0) is 30.4 Å². The van der Waals surface area contributed by atoms with Gasteiger partial charge in [-0.1, -0.05) is 43.5 Å². The molecule has 3 nitrogen and oxygen atoms in total. The van der Waals surface area contributed by atoms with Crippen molar-refractivity contribution in [3.63, 3.8) is 0 Å². The van der Waals surface area contributed by atoms with Crippen LogP contribution in [-0.2, 0) is 0 Å². The highest BCUT2D eigenvalue weighted by atomic mass is 32.1. The van der Waals surface area contributed by atoms with Crippen molar-refractivity contribution in [3.8, 4) is 5.75 Å². The van der Waals surface area contributed by atoms with Crippen LogP contribution >= 0.6 is 11.3 Å². The van der Waals surface area contributed by atoms with Crippen LogP contribution in [0.5, 0.6) is 5.75 Å². The molecule has 2 aliphatic heterocycles. The molecule has 0 spiro atoms. The fraction of sp³-hybridized carbons (Fsp3) is 0.450. The first-order chi connectivity index (χ1) is 11.9. The summed E-state index contributed by atoms with van der Waals surface area (Å²) in [6.07, 6.45) is 7.64. The van der Waals surface area contributed by atoms with Crippen molar-refractivity contribution in [1.29, 1.82) is 0 Å². The van der Waals surface area contributed by atoms with Gasteiger partial charge in [0.1, 0.15) is 5.75 Å². The van der Waals surface area contributed by atoms with E-state index in [1.165, 1.54) is 48.3 Å². The highest BCUT2D eigenvalue weighted by Gasteiger charge is 2.43. The van der Waals surface area contributed by atoms with Gasteiger partial charge in [-0.3, -0.25) is 0 Å². The summed E-state index contributed by atoms with van der Waals surface area (Å²) in [7, 11) is 0. The van der Waals surface area contributed by atoms with Gasteiger partial charge in [0.15, 0.2) is 6.23 Å². The molecule has 24 heavy (non-hydrogen) atoms. The molecule has 1 fully saturated rings. The number of nitrogens with zero attached hydrogens (tertiary/aromatic N) is 2. The number of hydrazone groups is 1. The van der Waals surface area contributed by atoms with Crippen LogP contribution in [0.15, 0.2) is 46.9 Å². The second kappa shape index (κ2) is 5.92. The Balaban J connectivity index is 1.53. The number of thiophene rings is 1. The van der Waals surface area contributed by atoms with Crippen LogP contribution in [0.4, 0.5) is 0 Å². The number of para-hydroxylation sites is 1. The highest BCUT2D eigenvalue weighted by Crippen LogP contribution is 2.46. The Bertz CT molecular complexity index is 749. The first kappa shape index (κ1) is 14.5. The van der Waals surface area contributed by atoms with E-state index < -0.39 is 0 Å². The van der Waals surface area contributed by atoms with Gasteiger partial charge in [0.05, 0.1) is 16.6 Å². The van der Waals surface area contributed by atoms with Crippen molar-refractivity contribution in [3.05, 3.63) is 52.2 Å². The highest BCUT2D eigenvalue weighted by molar-refractivity contribution is 7.12. The van der Waals surface area contributed by atoms with Crippen molar-refractivity contribution in [2.45, 2.75) is 50.8 Å². The average molecular weight is 338 g/mol. The van der Waals surface area contributed by atoms with Gasteiger partial charge in [0.25, 0.3) is 0 Å². The second-order valence-electron chi connectivity index (χ2n) is 7.07. The van der Waals surface area contributed by atoms with Crippen molar-refractivity contribution in [1.82, 2.24) is 5.01 Å². The lowest BCUT2D eigenvalue weighted by atomic mass is 9.86. The summed E-state index contributed by atoms with van der Waals surface area (Å²) >= 11 is 1.79. The first-order valence-corrected chi connectivity index (χ1v) is 9.93. The van der Waals surface area contributed by atoms with E-state index in [1.54, 1.807) is 11.3 Å². The quantitative estimate of drug-likeness (QED) is 0.752. The summed E-state index contributed by atoms with van der Waals surface area (Å²) in [4.78, 5) is 1.30. The van der Waals surface area contributed by atoms with Gasteiger partial charge in [-0.25, -0.2) is 5.01 Å². The molecular weight excluding hydrogens is 316 g/mol. The normalized spacial score (nSPS) is 26.5. The zero-order valence-corrected chi connectivity index (χ0v) is 14.5. The standard InChI is InChI=1S/C20H22N2OS/c1-2-7-14(8-3-1)20-22-17(15-9-4-5-10-18(15)23-20)13-16(21-22)19-11-6-12-24-19/h4-6,9-12,14,17,20H,1-3,7-8,13H2. The van der Waals surface area contributed by atoms with Crippen molar-refractivity contribution >= 4 is 17.0 Å². The smallest absolute Gasteiger partial charge is 0.190 e. The molecule has 3 heterocycles. The van der Waals surface area contributed by atoms with Crippen LogP contribution in [0, 0.1) is 5.92 Å². The molecule has 2 unspecified atom stereocenters. The fourth-order valence-electron chi connectivity index (χ4n) is 4.38. The molecule has 0 saturated heterocycles. The first-order valence-electron chi connectivity index (χ1n) is 9.05. The molecule has 4 heteroatoms. The van der Waals surface area contributed by atoms with E-state index >= 15 is 0 Å². The van der Waals surface area contributed by atoms with Crippen LogP contribution in [0.3, 0.4) is 0 Å². The molecule has 2 aromatic rings. The maximum atomic E-state index is 6.47. The Kier molecular flexibility index (Phi) is 3.58. The minimum Gasteiger partial charge on any atom is -0.468 e. The molecule has 2 atom stereocenters. The number of rotatable bonds is 2. The fourth-order valence-corrected chi connectivity index (χ4v) is 5.11. The third-order valence-corrected chi connectivity index (χ3v) is 6.51. The molecule has 0 amide bonds. The molecule has 124 valence electrons. The Labute approximate surface area is 146 Å². The van der Waals surface area contributed by atoms with Crippen LogP contribution in [-0.4, -0.2) is 16.9 Å². The zero-order chi connectivity index (χ0) is 15.9. The monoisotopic (exact) mass is 338 g/mol. The average Bonchev–Trinajstić information content (AvgIpc) is 3.31. The SMILES string of the molecule is c1csc(C2=NN3C(C2)c2ccccc2OC3C2CCCCC2)c1. The van der Waals surface area contributed by atoms with Crippen LogP contribution in [0.1, 0.15) is 55.0 Å². The van der Waals surface area contributed by atoms with Gasteiger partial charge in [0.2, 0.25) is 0 Å². The Morgan fingerprint density at radius 1 is 1.04 bits per heavy atom. The second-order valence-corrected chi connectivity index (χ2v) is 8.02. The molecule has 1 aromatic heterocycles. The third-order valence-electron chi connectivity index (χ3n) is 5.59. The maximum absolute atomic E-state index is 6.47. The molecule has 3 aliphatic rings. The van der Waals surface area contributed by atoms with Gasteiger partial charge < -0.3 is 4.74 Å². The van der Waals surface area contributed by atoms with Gasteiger partial charge in [-0.15, -0.1) is 11.3 Å². The Hall–Kier alpha value is -1.81. The molecule has 1 aromatic carbocycles. The lowest BCUT2D eigenvalue weighted by molar-refractivity contribution is -0.0643. The number of hydrogen-bond donors (Lipinski definition) is 0. The summed E-state index contributed by atoms with van der Waals surface area (Å²) in [5, 5.41) is 9.47. The zero-order valence-electron chi connectivity index (χ0n) is 13.7. The summed E-state index contributed by atoms with van der Waals surface area (Å²) in [6.45, 7) is 0. The van der Waals surface area contributed by atoms with Gasteiger partial charge in [0, 0.05) is 17.9 Å². The molecule has 0 radical (unpaired) electrons. The minimum absolute atomic E-state index is 0.0997. The van der Waals surface area contributed by atoms with Gasteiger partial charge >= 0.3 is 0 Å². The van der Waals surface area contributed by atoms with E-state index in [4.69, 9.17) is 9.84 Å². The number of benzene rings is 1. The van der Waals surface area contributed by atoms with E-state index in [9.17, 15) is 0 Å². The summed E-state index contributed by atoms with van der Waals surface area (Å²) in [6, 6.07) is 13.2. The van der Waals surface area contributed by atoms with E-state index in [0.29, 0.717) is 12.0 Å². The number of hydrogen-bond acceptors (Lipinski definition) is 4. The lowest BCUT2D eigenvalue weighted by Gasteiger charge is -2.42. The van der Waals surface area contributed by atoms with Crippen LogP contribution in [0.2, 0.25) is 0 Å². The van der Waals surface area contributed by atoms with Crippen molar-refractivity contribution < 1.29 is 4.74 Å². The van der Waals surface area contributed by atoms with Crippen LogP contribution in [0.25, 0.3) is 0 Å². The summed E-state index contributed by atoms with van der Waals surface area (Å²) in [5.41, 5.74) is 2.51. The maximum Gasteiger partial charge on any atom is 0.190 e. The predicted molar refractivity (Wildman–Crippen MR) is 97.5 cm³/mol. The Morgan fingerprint density at radius 2 is 1.92 bits per heavy atom. The topological polar surface area (TPSA) is 24.8 Å². The largest absolute Gasteiger partial charge is 0.468 e. The van der Waals surface area contributed by atoms with E-state index in [0.717, 1.165) is 12.2 Å². The number of ether oxygens (including phenoxy) is 1. The number of fused-ring (bicyclic) bond motifs is 3. The summed E-state index contributed by atoms with van der Waals surface area (Å²) < 4.78 is 6.47.